The van der Waals surface area contributed by atoms with Gasteiger partial charge in [-0.15, -0.1) is 0 Å². The third kappa shape index (κ3) is 2.70. The molecule has 0 spiro atoms. The molecule has 2 N–H and O–H groups in total. The van der Waals surface area contributed by atoms with E-state index in [9.17, 15) is 13.0 Å². The van der Waals surface area contributed by atoms with Crippen LogP contribution in [0.25, 0.3) is 0 Å². The van der Waals surface area contributed by atoms with Crippen LogP contribution in [0.15, 0.2) is 23.1 Å². The topological polar surface area (TPSA) is 52.3 Å². The first-order chi connectivity index (χ1) is 8.09. The van der Waals surface area contributed by atoms with E-state index in [1.54, 1.807) is 0 Å². The Kier molecular flexibility index (Phi) is 3.86. The van der Waals surface area contributed by atoms with Crippen molar-refractivity contribution < 1.29 is 17.7 Å². The van der Waals surface area contributed by atoms with E-state index >= 15 is 0 Å². The first-order valence-electron chi connectivity index (χ1n) is 5.28. The molecule has 1 aliphatic rings. The Morgan fingerprint density at radius 3 is 2.82 bits per heavy atom. The zero-order valence-electron chi connectivity index (χ0n) is 9.07. The lowest BCUT2D eigenvalue weighted by Crippen LogP contribution is -2.45. The summed E-state index contributed by atoms with van der Waals surface area (Å²) in [5, 5.41) is -0.441. The quantitative estimate of drug-likeness (QED) is 0.870. The molecule has 0 saturated carbocycles. The van der Waals surface area contributed by atoms with E-state index in [4.69, 9.17) is 10.5 Å². The van der Waals surface area contributed by atoms with E-state index < -0.39 is 27.7 Å². The number of hydrogen-bond acceptors (Lipinski definition) is 3. The second-order valence-corrected chi connectivity index (χ2v) is 5.58. The van der Waals surface area contributed by atoms with Gasteiger partial charge >= 0.3 is 0 Å². The largest absolute Gasteiger partial charge is 0.380 e. The number of nitrogens with two attached hydrogens (primary N) is 1. The summed E-state index contributed by atoms with van der Waals surface area (Å²) >= 11 is 0. The van der Waals surface area contributed by atoms with Crippen LogP contribution < -0.4 is 5.73 Å². The summed E-state index contributed by atoms with van der Waals surface area (Å²) in [6, 6.07) is 2.73. The highest BCUT2D eigenvalue weighted by Gasteiger charge is 2.30. The molecular formula is C11H13F2NO2S. The molecule has 1 saturated heterocycles. The summed E-state index contributed by atoms with van der Waals surface area (Å²) in [5.41, 5.74) is 5.83. The van der Waals surface area contributed by atoms with E-state index in [-0.39, 0.29) is 17.5 Å². The van der Waals surface area contributed by atoms with Gasteiger partial charge in [-0.2, -0.15) is 0 Å². The molecule has 0 amide bonds. The van der Waals surface area contributed by atoms with Gasteiger partial charge in [0.2, 0.25) is 0 Å². The van der Waals surface area contributed by atoms with Crippen LogP contribution in [0, 0.1) is 11.6 Å². The van der Waals surface area contributed by atoms with Gasteiger partial charge in [0.1, 0.15) is 11.6 Å². The number of benzene rings is 1. The maximum Gasteiger partial charge on any atom is 0.142 e. The molecule has 0 aliphatic carbocycles. The van der Waals surface area contributed by atoms with E-state index in [1.165, 1.54) is 6.07 Å². The fourth-order valence-electron chi connectivity index (χ4n) is 1.75. The Morgan fingerprint density at radius 2 is 2.18 bits per heavy atom. The van der Waals surface area contributed by atoms with Gasteiger partial charge in [0.15, 0.2) is 0 Å². The molecule has 0 bridgehead atoms. The van der Waals surface area contributed by atoms with Crippen LogP contribution in [0.3, 0.4) is 0 Å². The molecule has 1 aromatic carbocycles. The van der Waals surface area contributed by atoms with Crippen molar-refractivity contribution in [1.29, 1.82) is 0 Å². The van der Waals surface area contributed by atoms with Crippen molar-refractivity contribution in [2.24, 2.45) is 5.73 Å². The predicted molar refractivity (Wildman–Crippen MR) is 60.0 cm³/mol. The fourth-order valence-corrected chi connectivity index (χ4v) is 3.20. The fraction of sp³-hybridized carbons (Fsp3) is 0.455. The monoisotopic (exact) mass is 261 g/mol. The number of halogens is 2. The molecular weight excluding hydrogens is 248 g/mol. The molecule has 3 atom stereocenters. The van der Waals surface area contributed by atoms with Crippen LogP contribution in [0.5, 0.6) is 0 Å². The molecule has 1 heterocycles. The SMILES string of the molecule is NC1CCOCC1S(=O)c1ccc(F)cc1F. The molecule has 17 heavy (non-hydrogen) atoms. The highest BCUT2D eigenvalue weighted by Crippen LogP contribution is 2.21. The van der Waals surface area contributed by atoms with Crippen LogP contribution in [-0.4, -0.2) is 28.7 Å². The van der Waals surface area contributed by atoms with Gasteiger partial charge in [-0.05, 0) is 18.6 Å². The Bertz CT molecular complexity index is 441. The average Bonchev–Trinajstić information content (AvgIpc) is 2.29. The van der Waals surface area contributed by atoms with Crippen LogP contribution in [0.2, 0.25) is 0 Å². The molecule has 0 aromatic heterocycles. The van der Waals surface area contributed by atoms with Crippen molar-refractivity contribution in [2.45, 2.75) is 22.6 Å². The minimum atomic E-state index is -1.61. The molecule has 1 aliphatic heterocycles. The summed E-state index contributed by atoms with van der Waals surface area (Å²) < 4.78 is 43.5. The second kappa shape index (κ2) is 5.20. The zero-order valence-corrected chi connectivity index (χ0v) is 9.88. The summed E-state index contributed by atoms with van der Waals surface area (Å²) in [6.45, 7) is 0.769. The van der Waals surface area contributed by atoms with Crippen molar-refractivity contribution in [3.63, 3.8) is 0 Å². The van der Waals surface area contributed by atoms with Crippen LogP contribution in [0.4, 0.5) is 8.78 Å². The van der Waals surface area contributed by atoms with Crippen molar-refractivity contribution in [2.75, 3.05) is 13.2 Å². The normalized spacial score (nSPS) is 26.8. The molecule has 1 fully saturated rings. The summed E-state index contributed by atoms with van der Waals surface area (Å²) in [5.74, 6) is -1.49. The lowest BCUT2D eigenvalue weighted by atomic mass is 10.1. The lowest BCUT2D eigenvalue weighted by molar-refractivity contribution is 0.0903. The number of ether oxygens (including phenoxy) is 1. The van der Waals surface area contributed by atoms with E-state index in [2.05, 4.69) is 0 Å². The van der Waals surface area contributed by atoms with E-state index in [1.807, 2.05) is 0 Å². The third-order valence-corrected chi connectivity index (χ3v) is 4.54. The Morgan fingerprint density at radius 1 is 1.41 bits per heavy atom. The standard InChI is InChI=1S/C11H13F2NO2S/c12-7-1-2-10(8(13)5-7)17(15)11-6-16-4-3-9(11)14/h1-2,5,9,11H,3-4,6,14H2. The van der Waals surface area contributed by atoms with Crippen molar-refractivity contribution >= 4 is 10.8 Å². The highest BCUT2D eigenvalue weighted by atomic mass is 32.2. The maximum absolute atomic E-state index is 13.5. The Labute approximate surface area is 100 Å². The highest BCUT2D eigenvalue weighted by molar-refractivity contribution is 7.85. The maximum atomic E-state index is 13.5. The van der Waals surface area contributed by atoms with Gasteiger partial charge in [-0.25, -0.2) is 8.78 Å². The van der Waals surface area contributed by atoms with Crippen LogP contribution in [-0.2, 0) is 15.5 Å². The molecule has 3 nitrogen and oxygen atoms in total. The number of hydrogen-bond donors (Lipinski definition) is 1. The van der Waals surface area contributed by atoms with Gasteiger partial charge in [0.05, 0.1) is 27.6 Å². The zero-order chi connectivity index (χ0) is 12.4. The summed E-state index contributed by atoms with van der Waals surface area (Å²) in [6.07, 6.45) is 0.596. The molecule has 1 aromatic rings. The van der Waals surface area contributed by atoms with E-state index in [0.717, 1.165) is 12.1 Å². The average molecular weight is 261 g/mol. The third-order valence-electron chi connectivity index (χ3n) is 2.74. The molecule has 0 radical (unpaired) electrons. The van der Waals surface area contributed by atoms with Crippen LogP contribution >= 0.6 is 0 Å². The van der Waals surface area contributed by atoms with Gasteiger partial charge in [-0.3, -0.25) is 4.21 Å². The molecule has 94 valence electrons. The summed E-state index contributed by atoms with van der Waals surface area (Å²) in [4.78, 5) is -0.0163. The van der Waals surface area contributed by atoms with Gasteiger partial charge < -0.3 is 10.5 Å². The second-order valence-electron chi connectivity index (χ2n) is 3.94. The first kappa shape index (κ1) is 12.6. The Balaban J connectivity index is 2.24. The lowest BCUT2D eigenvalue weighted by Gasteiger charge is -2.27. The minimum Gasteiger partial charge on any atom is -0.380 e. The number of rotatable bonds is 2. The van der Waals surface area contributed by atoms with Crippen LogP contribution in [0.1, 0.15) is 6.42 Å². The van der Waals surface area contributed by atoms with E-state index in [0.29, 0.717) is 13.0 Å². The van der Waals surface area contributed by atoms with Crippen molar-refractivity contribution in [3.05, 3.63) is 29.8 Å². The Hall–Kier alpha value is -0.850. The minimum absolute atomic E-state index is 0.0163. The molecule has 3 unspecified atom stereocenters. The van der Waals surface area contributed by atoms with Gasteiger partial charge in [0.25, 0.3) is 0 Å². The van der Waals surface area contributed by atoms with Crippen molar-refractivity contribution in [1.82, 2.24) is 0 Å². The van der Waals surface area contributed by atoms with Gasteiger partial charge in [-0.1, -0.05) is 0 Å². The molecule has 2 rings (SSSR count). The van der Waals surface area contributed by atoms with Crippen molar-refractivity contribution in [3.8, 4) is 0 Å². The smallest absolute Gasteiger partial charge is 0.142 e. The predicted octanol–water partition coefficient (Wildman–Crippen LogP) is 1.19. The summed E-state index contributed by atoms with van der Waals surface area (Å²) in [7, 11) is -1.61. The molecule has 6 heteroatoms. The van der Waals surface area contributed by atoms with Gasteiger partial charge in [0, 0.05) is 18.7 Å². The first-order valence-corrected chi connectivity index (χ1v) is 6.50.